The number of alkyl halides is 5. The summed E-state index contributed by atoms with van der Waals surface area (Å²) in [6.07, 6.45) is -4.53. The number of carbonyl (C=O) groups excluding carboxylic acids is 3. The van der Waals surface area contributed by atoms with Crippen molar-refractivity contribution in [3.05, 3.63) is 86.7 Å². The third-order valence-corrected chi connectivity index (χ3v) is 11.3. The largest absolute Gasteiger partial charge is 0.418 e. The van der Waals surface area contributed by atoms with E-state index in [1.807, 2.05) is 6.92 Å². The van der Waals surface area contributed by atoms with Gasteiger partial charge in [0.05, 0.1) is 17.1 Å². The first-order valence-corrected chi connectivity index (χ1v) is 19.4. The van der Waals surface area contributed by atoms with Gasteiger partial charge in [-0.15, -0.1) is 11.3 Å². The molecule has 51 heavy (non-hydrogen) atoms. The lowest BCUT2D eigenvalue weighted by atomic mass is 9.78. The maximum atomic E-state index is 14.6. The van der Waals surface area contributed by atoms with Crippen LogP contribution in [0, 0.1) is 5.82 Å². The molecule has 2 aromatic carbocycles. The summed E-state index contributed by atoms with van der Waals surface area (Å²) < 4.78 is 55.5. The number of thiazole rings is 1. The maximum absolute atomic E-state index is 14.6. The van der Waals surface area contributed by atoms with Crippen molar-refractivity contribution in [1.82, 2.24) is 31.2 Å². The minimum Gasteiger partial charge on any atom is -0.364 e. The molecule has 10 nitrogen and oxygen atoms in total. The monoisotopic (exact) mass is 969 g/mol. The topological polar surface area (TPSA) is 154 Å². The molecule has 0 aliphatic heterocycles. The van der Waals surface area contributed by atoms with Crippen molar-refractivity contribution in [2.75, 3.05) is 0 Å². The molecule has 7 N–H and O–H groups in total. The van der Waals surface area contributed by atoms with E-state index in [0.29, 0.717) is 27.2 Å². The van der Waals surface area contributed by atoms with E-state index in [2.05, 4.69) is 76.4 Å². The van der Waals surface area contributed by atoms with E-state index in [-0.39, 0.29) is 50.0 Å². The Morgan fingerprint density at radius 3 is 2.45 bits per heavy atom. The number of thiocarbonyl (C=S) groups is 1. The number of fused-ring (bicyclic) bond motifs is 3. The number of nitrogens with one attached hydrogen (secondary N) is 5. The predicted molar refractivity (Wildman–Crippen MR) is 207 cm³/mol. The zero-order chi connectivity index (χ0) is 37.2. The van der Waals surface area contributed by atoms with Gasteiger partial charge < -0.3 is 32.0 Å². The molecule has 272 valence electrons. The van der Waals surface area contributed by atoms with Crippen LogP contribution in [0.1, 0.15) is 64.2 Å². The van der Waals surface area contributed by atoms with Crippen LogP contribution in [0.25, 0.3) is 10.9 Å². The minimum atomic E-state index is -4.62. The van der Waals surface area contributed by atoms with Crippen molar-refractivity contribution in [3.8, 4) is 0 Å². The fourth-order valence-corrected chi connectivity index (χ4v) is 8.40. The van der Waals surface area contributed by atoms with Gasteiger partial charge in [0.25, 0.3) is 5.91 Å². The molecule has 3 amide bonds. The maximum Gasteiger partial charge on any atom is 0.418 e. The van der Waals surface area contributed by atoms with Crippen LogP contribution in [0.3, 0.4) is 0 Å². The lowest BCUT2D eigenvalue weighted by Crippen LogP contribution is -2.66. The number of hydrogen-bond donors (Lipinski definition) is 6. The lowest BCUT2D eigenvalue weighted by molar-refractivity contribution is -0.136. The average Bonchev–Trinajstić information content (AvgIpc) is 3.70. The highest BCUT2D eigenvalue weighted by Crippen LogP contribution is 2.40. The normalized spacial score (nSPS) is 18.2. The molecule has 0 saturated heterocycles. The molecule has 5 rings (SSSR count). The number of H-pyrrole nitrogens is 1. The van der Waals surface area contributed by atoms with Crippen LogP contribution in [0.2, 0.25) is 0 Å². The third kappa shape index (κ3) is 8.75. The van der Waals surface area contributed by atoms with E-state index in [0.717, 1.165) is 17.4 Å². The number of para-hydroxylation sites is 1. The number of hydrogen-bond acceptors (Lipinski definition) is 6. The summed E-state index contributed by atoms with van der Waals surface area (Å²) in [4.78, 5) is 47.7. The lowest BCUT2D eigenvalue weighted by Gasteiger charge is -2.39. The summed E-state index contributed by atoms with van der Waals surface area (Å²) in [5, 5.41) is 14.2. The molecule has 0 saturated carbocycles. The summed E-state index contributed by atoms with van der Waals surface area (Å²) >= 11 is 10.8. The minimum absolute atomic E-state index is 0.0421. The Morgan fingerprint density at radius 1 is 1.10 bits per heavy atom. The molecule has 4 aromatic rings. The first kappa shape index (κ1) is 39.1. The number of halogens is 6. The number of aryl methyl sites for hydroxylation is 1. The molecule has 2 aromatic heterocycles. The van der Waals surface area contributed by atoms with Crippen molar-refractivity contribution >= 4 is 102 Å². The van der Waals surface area contributed by atoms with Gasteiger partial charge in [-0.25, -0.2) is 9.37 Å². The Labute approximate surface area is 327 Å². The molecule has 2 heterocycles. The fraction of sp³-hybridized carbons (Fsp3) is 0.364. The van der Waals surface area contributed by atoms with E-state index in [4.69, 9.17) is 18.0 Å². The molecule has 0 fully saturated rings. The summed E-state index contributed by atoms with van der Waals surface area (Å²) in [6.45, 7) is 3.67. The van der Waals surface area contributed by atoms with Gasteiger partial charge in [-0.05, 0) is 42.8 Å². The first-order valence-electron chi connectivity index (χ1n) is 15.6. The molecule has 1 aliphatic rings. The summed E-state index contributed by atoms with van der Waals surface area (Å²) in [6, 6.07) is 8.38. The highest BCUT2D eigenvalue weighted by Gasteiger charge is 2.47. The summed E-state index contributed by atoms with van der Waals surface area (Å²) in [7, 11) is 0. The van der Waals surface area contributed by atoms with Crippen molar-refractivity contribution in [1.29, 1.82) is 0 Å². The number of benzene rings is 2. The van der Waals surface area contributed by atoms with E-state index < -0.39 is 52.9 Å². The van der Waals surface area contributed by atoms with Crippen LogP contribution in [-0.4, -0.2) is 52.2 Å². The number of carbonyl (C=O) groups is 3. The van der Waals surface area contributed by atoms with E-state index >= 15 is 0 Å². The Bertz CT molecular complexity index is 1970. The molecule has 5 atom stereocenters. The number of nitrogens with zero attached hydrogens (tertiary/aromatic N) is 1. The van der Waals surface area contributed by atoms with E-state index in [1.165, 1.54) is 17.5 Å². The van der Waals surface area contributed by atoms with Gasteiger partial charge in [-0.1, -0.05) is 89.4 Å². The van der Waals surface area contributed by atoms with E-state index in [9.17, 15) is 31.9 Å². The van der Waals surface area contributed by atoms with E-state index in [1.54, 1.807) is 31.2 Å². The Balaban J connectivity index is 1.48. The fourth-order valence-electron chi connectivity index (χ4n) is 5.97. The first-order chi connectivity index (χ1) is 24.0. The number of rotatable bonds is 11. The summed E-state index contributed by atoms with van der Waals surface area (Å²) in [5.41, 5.74) is 4.31. The number of aromatic nitrogens is 2. The zero-order valence-corrected chi connectivity index (χ0v) is 33.0. The van der Waals surface area contributed by atoms with Crippen LogP contribution >= 0.6 is 68.7 Å². The zero-order valence-electron chi connectivity index (χ0n) is 27.1. The molecular formula is C33H33F4I2N7O3S2. The van der Waals surface area contributed by atoms with Crippen molar-refractivity contribution in [2.45, 2.75) is 71.3 Å². The second-order valence-electron chi connectivity index (χ2n) is 12.2. The molecular weight excluding hydrogens is 936 g/mol. The van der Waals surface area contributed by atoms with Gasteiger partial charge in [-0.2, -0.15) is 13.2 Å². The van der Waals surface area contributed by atoms with Gasteiger partial charge in [0.1, 0.15) is 28.1 Å². The Morgan fingerprint density at radius 2 is 1.82 bits per heavy atom. The summed E-state index contributed by atoms with van der Waals surface area (Å²) in [5.74, 6) is -2.30. The quantitative estimate of drug-likeness (QED) is 0.0484. The molecule has 0 spiro atoms. The van der Waals surface area contributed by atoms with Crippen LogP contribution in [0.5, 0.6) is 0 Å². The second kappa shape index (κ2) is 15.9. The van der Waals surface area contributed by atoms with Crippen LogP contribution in [0.15, 0.2) is 47.8 Å². The Kier molecular flexibility index (Phi) is 12.2. The van der Waals surface area contributed by atoms with Crippen molar-refractivity contribution in [2.24, 2.45) is 5.73 Å². The van der Waals surface area contributed by atoms with Crippen molar-refractivity contribution in [3.63, 3.8) is 0 Å². The van der Waals surface area contributed by atoms with Gasteiger partial charge in [0.2, 0.25) is 11.8 Å². The Hall–Kier alpha value is -3.11. The number of primary amides is 1. The second-order valence-corrected chi connectivity index (χ2v) is 17.4. The predicted octanol–water partition coefficient (Wildman–Crippen LogP) is 5.76. The van der Waals surface area contributed by atoms with Gasteiger partial charge >= 0.3 is 6.18 Å². The molecule has 0 radical (unpaired) electrons. The number of amides is 3. The molecule has 0 unspecified atom stereocenters. The molecule has 0 bridgehead atoms. The van der Waals surface area contributed by atoms with Crippen LogP contribution in [-0.2, 0) is 35.2 Å². The third-order valence-electron chi connectivity index (χ3n) is 8.62. The SMILES string of the molecule is C[C@@H](I)[C@H](NC(=S)NCc1ccccc1F)C(=O)N[C@]1(C(=O)N[C@H](c2nc(C(N)=O)cs2)[C@@H](C)I)CCc2[nH]c3c(C(F)(F)F)cccc3c2C1. The standard InChI is InChI=1S/C33H33F4I2N7O3S2/c1-15(38)24(45-31(50)41-13-17-6-3-4-9-21(17)34)28(48)46-32(30(49)44-25(16(2)39)29-43-23(14-51-29)27(40)47)11-10-22-19(12-32)18-7-5-8-20(26(18)42-22)33(35,36)37/h3-9,14-16,24-25,42H,10-13H2,1-2H3,(H2,40,47)(H,44,49)(H,46,48)(H2,41,45,50)/t15-,16-,24+,25+,32-/m1/s1. The van der Waals surface area contributed by atoms with Crippen LogP contribution < -0.4 is 27.0 Å². The van der Waals surface area contributed by atoms with Gasteiger partial charge in [0.15, 0.2) is 5.11 Å². The highest BCUT2D eigenvalue weighted by atomic mass is 127. The van der Waals surface area contributed by atoms with Gasteiger partial charge in [-0.3, -0.25) is 14.4 Å². The van der Waals surface area contributed by atoms with Gasteiger partial charge in [0, 0.05) is 42.8 Å². The molecule has 18 heteroatoms. The highest BCUT2D eigenvalue weighted by molar-refractivity contribution is 14.1. The number of aromatic amines is 1. The number of nitrogens with two attached hydrogens (primary N) is 1. The smallest absolute Gasteiger partial charge is 0.364 e. The molecule has 1 aliphatic carbocycles. The van der Waals surface area contributed by atoms with Crippen LogP contribution in [0.4, 0.5) is 17.6 Å². The average molecular weight is 970 g/mol. The van der Waals surface area contributed by atoms with Crippen molar-refractivity contribution < 1.29 is 31.9 Å².